The standard InChI is InChI=1S/C21H22F2N2O2/c22-17-4-3-12(10-18(17)23)14-8-13-2-1-6-25-19-5-7-24(21(26)27)11-16(19)15(9-14)20(13)25/h3-4,8-10,13,16,19-20H,1-2,5-7,11H2,(H,26,27)/t13?,16-,19-,20?/m0/s1. The van der Waals surface area contributed by atoms with E-state index in [1.54, 1.807) is 6.07 Å². The maximum absolute atomic E-state index is 13.8. The van der Waals surface area contributed by atoms with E-state index in [0.717, 1.165) is 31.4 Å². The number of likely N-dealkylation sites (tertiary alicyclic amines) is 1. The molecule has 0 spiro atoms. The number of hydrogen-bond acceptors (Lipinski definition) is 2. The highest BCUT2D eigenvalue weighted by molar-refractivity contribution is 5.77. The van der Waals surface area contributed by atoms with Crippen molar-refractivity contribution < 1.29 is 18.7 Å². The summed E-state index contributed by atoms with van der Waals surface area (Å²) in [5.41, 5.74) is 2.89. The van der Waals surface area contributed by atoms with E-state index in [9.17, 15) is 18.7 Å². The van der Waals surface area contributed by atoms with Gasteiger partial charge in [-0.25, -0.2) is 13.6 Å². The molecule has 0 bridgehead atoms. The van der Waals surface area contributed by atoms with Crippen molar-refractivity contribution in [1.29, 1.82) is 0 Å². The number of rotatable bonds is 1. The Morgan fingerprint density at radius 1 is 1.15 bits per heavy atom. The first kappa shape index (κ1) is 16.9. The molecule has 5 rings (SSSR count). The van der Waals surface area contributed by atoms with Crippen molar-refractivity contribution in [2.45, 2.75) is 31.3 Å². The maximum Gasteiger partial charge on any atom is 0.407 e. The first-order valence-corrected chi connectivity index (χ1v) is 9.65. The number of benzene rings is 1. The lowest BCUT2D eigenvalue weighted by Crippen LogP contribution is -2.50. The SMILES string of the molecule is O=C(O)N1CC[C@H]2[C@@H](C1)C1=CC(c3ccc(F)c(F)c3)=CC3CCCN2C13. The Morgan fingerprint density at radius 3 is 2.78 bits per heavy atom. The van der Waals surface area contributed by atoms with Crippen molar-refractivity contribution in [3.8, 4) is 0 Å². The van der Waals surface area contributed by atoms with Crippen LogP contribution in [0.1, 0.15) is 24.8 Å². The first-order chi connectivity index (χ1) is 13.0. The van der Waals surface area contributed by atoms with E-state index >= 15 is 0 Å². The summed E-state index contributed by atoms with van der Waals surface area (Å²) in [5.74, 6) is -1.13. The van der Waals surface area contributed by atoms with Gasteiger partial charge in [0.25, 0.3) is 0 Å². The van der Waals surface area contributed by atoms with E-state index in [4.69, 9.17) is 0 Å². The third-order valence-electron chi connectivity index (χ3n) is 6.73. The lowest BCUT2D eigenvalue weighted by Gasteiger charge is -2.41. The van der Waals surface area contributed by atoms with Crippen LogP contribution in [0.25, 0.3) is 5.57 Å². The number of allylic oxidation sites excluding steroid dienone is 2. The number of carboxylic acid groups (broad SMARTS) is 1. The first-order valence-electron chi connectivity index (χ1n) is 9.65. The Hall–Kier alpha value is -2.21. The van der Waals surface area contributed by atoms with Crippen LogP contribution in [0.4, 0.5) is 13.6 Å². The fourth-order valence-electron chi connectivity index (χ4n) is 5.60. The van der Waals surface area contributed by atoms with Gasteiger partial charge in [0.2, 0.25) is 0 Å². The van der Waals surface area contributed by atoms with E-state index in [1.165, 1.54) is 22.6 Å². The van der Waals surface area contributed by atoms with Gasteiger partial charge in [-0.15, -0.1) is 0 Å². The largest absolute Gasteiger partial charge is 0.465 e. The number of halogens is 2. The summed E-state index contributed by atoms with van der Waals surface area (Å²) in [7, 11) is 0. The Kier molecular flexibility index (Phi) is 3.86. The second-order valence-electron chi connectivity index (χ2n) is 8.08. The molecule has 1 amide bonds. The normalized spacial score (nSPS) is 32.4. The van der Waals surface area contributed by atoms with E-state index in [-0.39, 0.29) is 5.92 Å². The van der Waals surface area contributed by atoms with Crippen LogP contribution in [0, 0.1) is 23.5 Å². The van der Waals surface area contributed by atoms with Crippen LogP contribution in [0.15, 0.2) is 35.9 Å². The highest BCUT2D eigenvalue weighted by atomic mass is 19.2. The van der Waals surface area contributed by atoms with Crippen molar-refractivity contribution >= 4 is 11.7 Å². The molecule has 0 aromatic heterocycles. The average molecular weight is 372 g/mol. The molecule has 3 fully saturated rings. The minimum Gasteiger partial charge on any atom is -0.465 e. The Labute approximate surface area is 156 Å². The molecule has 0 saturated carbocycles. The van der Waals surface area contributed by atoms with Gasteiger partial charge >= 0.3 is 6.09 Å². The van der Waals surface area contributed by atoms with Crippen LogP contribution in [-0.2, 0) is 0 Å². The number of fused-ring (bicyclic) bond motifs is 3. The molecule has 1 aromatic carbocycles. The number of hydrogen-bond donors (Lipinski definition) is 1. The summed E-state index contributed by atoms with van der Waals surface area (Å²) >= 11 is 0. The molecular weight excluding hydrogens is 350 g/mol. The van der Waals surface area contributed by atoms with Gasteiger partial charge in [-0.3, -0.25) is 4.90 Å². The fourth-order valence-corrected chi connectivity index (χ4v) is 5.60. The van der Waals surface area contributed by atoms with E-state index < -0.39 is 17.7 Å². The number of piperidine rings is 2. The van der Waals surface area contributed by atoms with Crippen LogP contribution < -0.4 is 0 Å². The minimum absolute atomic E-state index is 0.189. The molecule has 3 heterocycles. The van der Waals surface area contributed by atoms with Gasteiger partial charge < -0.3 is 10.0 Å². The van der Waals surface area contributed by atoms with Gasteiger partial charge in [0.05, 0.1) is 0 Å². The number of nitrogens with zero attached hydrogens (tertiary/aromatic N) is 2. The molecule has 3 saturated heterocycles. The average Bonchev–Trinajstić information content (AvgIpc) is 2.99. The fraction of sp³-hybridized carbons (Fsp3) is 0.476. The van der Waals surface area contributed by atoms with Crippen LogP contribution in [0.2, 0.25) is 0 Å². The summed E-state index contributed by atoms with van der Waals surface area (Å²) in [6, 6.07) is 4.77. The van der Waals surface area contributed by atoms with Crippen LogP contribution in [0.3, 0.4) is 0 Å². The molecule has 3 aliphatic heterocycles. The van der Waals surface area contributed by atoms with Crippen LogP contribution in [-0.4, -0.2) is 52.7 Å². The zero-order valence-corrected chi connectivity index (χ0v) is 14.9. The van der Waals surface area contributed by atoms with Crippen molar-refractivity contribution in [3.63, 3.8) is 0 Å². The number of amides is 1. The Bertz CT molecular complexity index is 866. The molecule has 4 aliphatic rings. The topological polar surface area (TPSA) is 43.8 Å². The molecule has 2 unspecified atom stereocenters. The second kappa shape index (κ2) is 6.16. The zero-order chi connectivity index (χ0) is 18.7. The summed E-state index contributed by atoms with van der Waals surface area (Å²) in [4.78, 5) is 15.6. The number of carbonyl (C=O) groups is 1. The lowest BCUT2D eigenvalue weighted by atomic mass is 9.77. The monoisotopic (exact) mass is 372 g/mol. The summed E-state index contributed by atoms with van der Waals surface area (Å²) in [6.45, 7) is 2.17. The van der Waals surface area contributed by atoms with Crippen molar-refractivity contribution in [1.82, 2.24) is 9.80 Å². The third-order valence-corrected chi connectivity index (χ3v) is 6.73. The highest BCUT2D eigenvalue weighted by Gasteiger charge is 2.51. The maximum atomic E-state index is 13.8. The predicted octanol–water partition coefficient (Wildman–Crippen LogP) is 3.75. The molecule has 142 valence electrons. The summed E-state index contributed by atoms with van der Waals surface area (Å²) in [6.07, 6.45) is 6.51. The molecule has 0 radical (unpaired) electrons. The highest BCUT2D eigenvalue weighted by Crippen LogP contribution is 2.49. The van der Waals surface area contributed by atoms with Crippen molar-refractivity contribution in [2.24, 2.45) is 11.8 Å². The van der Waals surface area contributed by atoms with Gasteiger partial charge in [-0.05, 0) is 60.6 Å². The summed E-state index contributed by atoms with van der Waals surface area (Å²) in [5, 5.41) is 9.43. The zero-order valence-electron chi connectivity index (χ0n) is 14.9. The molecule has 4 atom stereocenters. The molecular formula is C21H22F2N2O2. The van der Waals surface area contributed by atoms with E-state index in [1.807, 2.05) is 0 Å². The predicted molar refractivity (Wildman–Crippen MR) is 97.1 cm³/mol. The van der Waals surface area contributed by atoms with Gasteiger partial charge in [0.15, 0.2) is 11.6 Å². The quantitative estimate of drug-likeness (QED) is 0.817. The van der Waals surface area contributed by atoms with E-state index in [2.05, 4.69) is 17.1 Å². The molecule has 1 aliphatic carbocycles. The second-order valence-corrected chi connectivity index (χ2v) is 8.08. The molecule has 1 aromatic rings. The molecule has 4 nitrogen and oxygen atoms in total. The molecule has 27 heavy (non-hydrogen) atoms. The van der Waals surface area contributed by atoms with Crippen LogP contribution >= 0.6 is 0 Å². The lowest BCUT2D eigenvalue weighted by molar-refractivity contribution is 0.0708. The van der Waals surface area contributed by atoms with Crippen molar-refractivity contribution in [3.05, 3.63) is 53.1 Å². The Balaban J connectivity index is 1.55. The van der Waals surface area contributed by atoms with Gasteiger partial charge in [-0.2, -0.15) is 0 Å². The van der Waals surface area contributed by atoms with E-state index in [0.29, 0.717) is 36.7 Å². The minimum atomic E-state index is -0.859. The van der Waals surface area contributed by atoms with Crippen molar-refractivity contribution in [2.75, 3.05) is 19.6 Å². The van der Waals surface area contributed by atoms with Gasteiger partial charge in [0.1, 0.15) is 0 Å². The smallest absolute Gasteiger partial charge is 0.407 e. The van der Waals surface area contributed by atoms with Gasteiger partial charge in [0, 0.05) is 31.1 Å². The molecule has 1 N–H and O–H groups in total. The van der Waals surface area contributed by atoms with Crippen LogP contribution in [0.5, 0.6) is 0 Å². The Morgan fingerprint density at radius 2 is 2.00 bits per heavy atom. The summed E-state index contributed by atoms with van der Waals surface area (Å²) < 4.78 is 27.1. The van der Waals surface area contributed by atoms with Gasteiger partial charge in [-0.1, -0.05) is 18.2 Å². The molecule has 6 heteroatoms. The third kappa shape index (κ3) is 2.61.